The first-order valence-corrected chi connectivity index (χ1v) is 11.9. The summed E-state index contributed by atoms with van der Waals surface area (Å²) < 4.78 is 16.9. The smallest absolute Gasteiger partial charge is 0.257 e. The monoisotopic (exact) mass is 497 g/mol. The molecular weight excluding hydrogens is 462 g/mol. The highest BCUT2D eigenvalue weighted by molar-refractivity contribution is 6.05. The number of nitrogens with zero attached hydrogens (tertiary/aromatic N) is 2. The summed E-state index contributed by atoms with van der Waals surface area (Å²) in [5.41, 5.74) is 1.37. The molecule has 2 aromatic rings. The third-order valence-electron chi connectivity index (χ3n) is 6.33. The average Bonchev–Trinajstić information content (AvgIpc) is 2.88. The number of hydrogen-bond donors (Lipinski definition) is 1. The maximum absolute atomic E-state index is 13.3. The summed E-state index contributed by atoms with van der Waals surface area (Å²) in [6.45, 7) is 4.76. The van der Waals surface area contributed by atoms with E-state index in [0.717, 1.165) is 0 Å². The third-order valence-corrected chi connectivity index (χ3v) is 6.33. The number of carbonyl (C=O) groups excluding carboxylic acids is 3. The van der Waals surface area contributed by atoms with Crippen molar-refractivity contribution in [3.63, 3.8) is 0 Å². The van der Waals surface area contributed by atoms with Crippen molar-refractivity contribution in [3.05, 3.63) is 59.7 Å². The Kier molecular flexibility index (Phi) is 9.44. The molecule has 0 saturated heterocycles. The topological polar surface area (TPSA) is 97.4 Å². The van der Waals surface area contributed by atoms with Crippen LogP contribution in [-0.4, -0.2) is 87.2 Å². The molecule has 0 aromatic heterocycles. The van der Waals surface area contributed by atoms with Crippen LogP contribution in [0.2, 0.25) is 0 Å². The molecule has 1 heterocycles. The molecule has 0 bridgehead atoms. The van der Waals surface area contributed by atoms with E-state index in [0.29, 0.717) is 35.7 Å². The Morgan fingerprint density at radius 1 is 1.08 bits per heavy atom. The van der Waals surface area contributed by atoms with Gasteiger partial charge in [-0.1, -0.05) is 25.1 Å². The number of fused-ring (bicyclic) bond motifs is 1. The SMILES string of the molecule is COCC(=O)N1C[C@H](C)[C@H](OC)CN(C)C(=O)c2ccc(NC(=O)c3ccccc3)cc2OC[C@@H]1C. The fraction of sp³-hybridized carbons (Fsp3) is 0.444. The van der Waals surface area contributed by atoms with Gasteiger partial charge in [0.05, 0.1) is 17.7 Å². The van der Waals surface area contributed by atoms with Gasteiger partial charge >= 0.3 is 0 Å². The van der Waals surface area contributed by atoms with Crippen LogP contribution < -0.4 is 10.1 Å². The molecule has 1 aliphatic rings. The summed E-state index contributed by atoms with van der Waals surface area (Å²) in [7, 11) is 4.80. The molecule has 3 rings (SSSR count). The zero-order valence-electron chi connectivity index (χ0n) is 21.5. The molecule has 1 aliphatic heterocycles. The molecule has 9 nitrogen and oxygen atoms in total. The zero-order valence-corrected chi connectivity index (χ0v) is 21.5. The quantitative estimate of drug-likeness (QED) is 0.682. The lowest BCUT2D eigenvalue weighted by atomic mass is 10.0. The van der Waals surface area contributed by atoms with Crippen LogP contribution in [0.5, 0.6) is 5.75 Å². The molecule has 0 saturated carbocycles. The molecule has 0 spiro atoms. The van der Waals surface area contributed by atoms with E-state index >= 15 is 0 Å². The van der Waals surface area contributed by atoms with Crippen LogP contribution >= 0.6 is 0 Å². The Balaban J connectivity index is 1.94. The third kappa shape index (κ3) is 6.61. The molecule has 0 fully saturated rings. The molecule has 3 atom stereocenters. The number of hydrogen-bond acceptors (Lipinski definition) is 6. The van der Waals surface area contributed by atoms with Crippen LogP contribution in [0.4, 0.5) is 5.69 Å². The standard InChI is InChI=1S/C27H35N3O6/c1-18-14-30(25(31)17-34-4)19(2)16-36-23-13-21(28-26(32)20-9-7-6-8-10-20)11-12-22(23)27(33)29(3)15-24(18)35-5/h6-13,18-19,24H,14-17H2,1-5H3,(H,28,32)/t18-,19-,24+/m0/s1. The fourth-order valence-corrected chi connectivity index (χ4v) is 4.20. The first-order chi connectivity index (χ1) is 17.2. The Hall–Kier alpha value is -3.43. The van der Waals surface area contributed by atoms with Gasteiger partial charge in [0, 0.05) is 57.6 Å². The average molecular weight is 498 g/mol. The molecule has 3 amide bonds. The van der Waals surface area contributed by atoms with Gasteiger partial charge in [0.1, 0.15) is 19.0 Å². The van der Waals surface area contributed by atoms with E-state index in [1.54, 1.807) is 66.4 Å². The molecule has 1 N–H and O–H groups in total. The maximum atomic E-state index is 13.3. The molecule has 36 heavy (non-hydrogen) atoms. The molecular formula is C27H35N3O6. The number of anilines is 1. The van der Waals surface area contributed by atoms with Crippen LogP contribution in [0.25, 0.3) is 0 Å². The minimum Gasteiger partial charge on any atom is -0.491 e. The molecule has 194 valence electrons. The maximum Gasteiger partial charge on any atom is 0.257 e. The number of benzene rings is 2. The molecule has 0 unspecified atom stereocenters. The molecule has 9 heteroatoms. The largest absolute Gasteiger partial charge is 0.491 e. The second kappa shape index (κ2) is 12.5. The molecule has 0 aliphatic carbocycles. The fourth-order valence-electron chi connectivity index (χ4n) is 4.20. The second-order valence-electron chi connectivity index (χ2n) is 9.11. The lowest BCUT2D eigenvalue weighted by molar-refractivity contribution is -0.139. The van der Waals surface area contributed by atoms with Crippen LogP contribution in [0.3, 0.4) is 0 Å². The number of carbonyl (C=O) groups is 3. The van der Waals surface area contributed by atoms with Gasteiger partial charge in [0.2, 0.25) is 5.91 Å². The van der Waals surface area contributed by atoms with E-state index in [-0.39, 0.29) is 49.0 Å². The minimum absolute atomic E-state index is 0.0389. The Bertz CT molecular complexity index is 1060. The zero-order chi connectivity index (χ0) is 26.2. The second-order valence-corrected chi connectivity index (χ2v) is 9.11. The number of methoxy groups -OCH3 is 2. The Morgan fingerprint density at radius 3 is 2.47 bits per heavy atom. The van der Waals surface area contributed by atoms with Gasteiger partial charge in [-0.2, -0.15) is 0 Å². The van der Waals surface area contributed by atoms with Crippen molar-refractivity contribution < 1.29 is 28.6 Å². The van der Waals surface area contributed by atoms with Crippen LogP contribution in [0.1, 0.15) is 34.6 Å². The van der Waals surface area contributed by atoms with Gasteiger partial charge in [-0.05, 0) is 31.2 Å². The predicted octanol–water partition coefficient (Wildman–Crippen LogP) is 2.92. The van der Waals surface area contributed by atoms with Gasteiger partial charge in [-0.25, -0.2) is 0 Å². The molecule has 0 radical (unpaired) electrons. The summed E-state index contributed by atoms with van der Waals surface area (Å²) in [4.78, 5) is 42.1. The van der Waals surface area contributed by atoms with Gasteiger partial charge in [0.15, 0.2) is 0 Å². The van der Waals surface area contributed by atoms with Crippen molar-refractivity contribution in [2.45, 2.75) is 26.0 Å². The van der Waals surface area contributed by atoms with E-state index in [1.807, 2.05) is 19.9 Å². The number of likely N-dealkylation sites (N-methyl/N-ethyl adjacent to an activating group) is 1. The van der Waals surface area contributed by atoms with Crippen LogP contribution in [0, 0.1) is 5.92 Å². The summed E-state index contributed by atoms with van der Waals surface area (Å²) in [6.07, 6.45) is -0.280. The van der Waals surface area contributed by atoms with Crippen molar-refractivity contribution in [1.29, 1.82) is 0 Å². The van der Waals surface area contributed by atoms with E-state index in [2.05, 4.69) is 5.32 Å². The van der Waals surface area contributed by atoms with Gasteiger partial charge in [-0.3, -0.25) is 14.4 Å². The Morgan fingerprint density at radius 2 is 1.81 bits per heavy atom. The lowest BCUT2D eigenvalue weighted by Gasteiger charge is -2.36. The number of amides is 3. The van der Waals surface area contributed by atoms with E-state index in [9.17, 15) is 14.4 Å². The highest BCUT2D eigenvalue weighted by atomic mass is 16.5. The molecule has 2 aromatic carbocycles. The number of ether oxygens (including phenoxy) is 3. The highest BCUT2D eigenvalue weighted by Gasteiger charge is 2.30. The lowest BCUT2D eigenvalue weighted by Crippen LogP contribution is -2.49. The summed E-state index contributed by atoms with van der Waals surface area (Å²) in [5.74, 6) is -0.357. The van der Waals surface area contributed by atoms with Gasteiger partial charge < -0.3 is 29.3 Å². The van der Waals surface area contributed by atoms with E-state index in [1.165, 1.54) is 7.11 Å². The van der Waals surface area contributed by atoms with Crippen molar-refractivity contribution in [1.82, 2.24) is 9.80 Å². The summed E-state index contributed by atoms with van der Waals surface area (Å²) in [5, 5.41) is 2.85. The first-order valence-electron chi connectivity index (χ1n) is 11.9. The minimum atomic E-state index is -0.296. The Labute approximate surface area is 212 Å². The van der Waals surface area contributed by atoms with Crippen LogP contribution in [-0.2, 0) is 14.3 Å². The van der Waals surface area contributed by atoms with E-state index < -0.39 is 0 Å². The van der Waals surface area contributed by atoms with E-state index in [4.69, 9.17) is 14.2 Å². The summed E-state index contributed by atoms with van der Waals surface area (Å²) >= 11 is 0. The van der Waals surface area contributed by atoms with Gasteiger partial charge in [-0.15, -0.1) is 0 Å². The van der Waals surface area contributed by atoms with Crippen molar-refractivity contribution in [3.8, 4) is 5.75 Å². The normalized spacial score (nSPS) is 21.0. The number of nitrogens with one attached hydrogen (secondary N) is 1. The van der Waals surface area contributed by atoms with Crippen molar-refractivity contribution in [2.24, 2.45) is 5.92 Å². The summed E-state index contributed by atoms with van der Waals surface area (Å²) in [6, 6.07) is 13.5. The highest BCUT2D eigenvalue weighted by Crippen LogP contribution is 2.27. The van der Waals surface area contributed by atoms with Crippen molar-refractivity contribution >= 4 is 23.4 Å². The van der Waals surface area contributed by atoms with Gasteiger partial charge in [0.25, 0.3) is 11.8 Å². The van der Waals surface area contributed by atoms with Crippen LogP contribution in [0.15, 0.2) is 48.5 Å². The van der Waals surface area contributed by atoms with Crippen molar-refractivity contribution in [2.75, 3.05) is 52.9 Å². The predicted molar refractivity (Wildman–Crippen MR) is 136 cm³/mol. The number of rotatable bonds is 5. The first kappa shape index (κ1) is 27.2.